The third-order valence-corrected chi connectivity index (χ3v) is 1.76. The molecule has 4 nitrogen and oxygen atoms in total. The highest BCUT2D eigenvalue weighted by molar-refractivity contribution is 5.75. The van der Waals surface area contributed by atoms with Crippen molar-refractivity contribution in [1.82, 2.24) is 0 Å². The second-order valence-electron chi connectivity index (χ2n) is 2.59. The molecular weight excluding hydrogens is 142 g/mol. The summed E-state index contributed by atoms with van der Waals surface area (Å²) in [4.78, 5) is 11.3. The molecule has 0 N–H and O–H groups in total. The largest absolute Gasteiger partial charge is 0.336 e. The summed E-state index contributed by atoms with van der Waals surface area (Å²) in [6, 6.07) is 0. The zero-order valence-electron chi connectivity index (χ0n) is 6.82. The van der Waals surface area contributed by atoms with Gasteiger partial charge in [-0.25, -0.2) is 4.79 Å². The summed E-state index contributed by atoms with van der Waals surface area (Å²) in [5.41, 5.74) is 0. The number of hydrogen-bond acceptors (Lipinski definition) is 3. The van der Waals surface area contributed by atoms with Crippen molar-refractivity contribution in [3.05, 3.63) is 0 Å². The third kappa shape index (κ3) is 1.69. The monoisotopic (exact) mass is 154 g/mol. The lowest BCUT2D eigenvalue weighted by molar-refractivity contribution is -0.456. The molecule has 11 heavy (non-hydrogen) atoms. The minimum absolute atomic E-state index is 0.0359. The van der Waals surface area contributed by atoms with Crippen molar-refractivity contribution in [2.24, 2.45) is 16.3 Å². The van der Waals surface area contributed by atoms with Gasteiger partial charge in [0.15, 0.2) is 0 Å². The van der Waals surface area contributed by atoms with Gasteiger partial charge in [-0.15, -0.1) is 0 Å². The van der Waals surface area contributed by atoms with Gasteiger partial charge < -0.3 is 0 Å². The Balaban J connectivity index is 2.61. The van der Waals surface area contributed by atoms with Crippen molar-refractivity contribution in [2.45, 2.75) is 20.3 Å². The van der Waals surface area contributed by atoms with Crippen LogP contribution < -0.4 is 0 Å². The number of amides is 1. The Kier molecular flexibility index (Phi) is 2.46. The number of carbonyl (C=O) groups is 1. The lowest BCUT2D eigenvalue weighted by Crippen LogP contribution is -2.21. The van der Waals surface area contributed by atoms with Crippen LogP contribution >= 0.6 is 0 Å². The van der Waals surface area contributed by atoms with Crippen LogP contribution in [0.5, 0.6) is 0 Å². The van der Waals surface area contributed by atoms with Crippen LogP contribution in [0.1, 0.15) is 20.3 Å². The molecule has 0 aromatic rings. The van der Waals surface area contributed by atoms with Crippen molar-refractivity contribution in [1.29, 1.82) is 0 Å². The molecule has 1 aliphatic heterocycles. The first kappa shape index (κ1) is 8.04. The quantitative estimate of drug-likeness (QED) is 0.548. The van der Waals surface area contributed by atoms with Crippen LogP contribution in [0.2, 0.25) is 0 Å². The first-order valence-corrected chi connectivity index (χ1v) is 3.79. The summed E-state index contributed by atoms with van der Waals surface area (Å²) in [6.07, 6.45) is 2.53. The Morgan fingerprint density at radius 1 is 1.82 bits per heavy atom. The van der Waals surface area contributed by atoms with Gasteiger partial charge in [0.1, 0.15) is 11.4 Å². The minimum Gasteiger partial charge on any atom is -0.244 e. The fraction of sp³-hybridized carbons (Fsp3) is 0.714. The van der Waals surface area contributed by atoms with E-state index >= 15 is 0 Å². The van der Waals surface area contributed by atoms with Gasteiger partial charge in [0.25, 0.3) is 0 Å². The van der Waals surface area contributed by atoms with E-state index in [-0.39, 0.29) is 11.8 Å². The molecule has 4 heteroatoms. The second-order valence-corrected chi connectivity index (χ2v) is 2.59. The molecule has 0 radical (unpaired) electrons. The van der Waals surface area contributed by atoms with Crippen molar-refractivity contribution >= 4 is 12.1 Å². The van der Waals surface area contributed by atoms with Gasteiger partial charge in [0, 0.05) is 5.11 Å². The first-order chi connectivity index (χ1) is 5.25. The Morgan fingerprint density at radius 3 is 3.00 bits per heavy atom. The zero-order chi connectivity index (χ0) is 8.27. The maximum absolute atomic E-state index is 11.3. The van der Waals surface area contributed by atoms with Gasteiger partial charge in [0.05, 0.1) is 5.92 Å². The third-order valence-electron chi connectivity index (χ3n) is 1.76. The fourth-order valence-electron chi connectivity index (χ4n) is 0.789. The van der Waals surface area contributed by atoms with E-state index in [9.17, 15) is 4.79 Å². The molecule has 0 spiro atoms. The maximum atomic E-state index is 11.3. The molecular formula is C7H12N3O+. The minimum atomic E-state index is 0.0359. The molecule has 0 aliphatic carbocycles. The number of hydrogen-bond donors (Lipinski definition) is 0. The highest BCUT2D eigenvalue weighted by atomic mass is 16.2. The highest BCUT2D eigenvalue weighted by Gasteiger charge is 2.22. The summed E-state index contributed by atoms with van der Waals surface area (Å²) in [5, 5.41) is 7.33. The van der Waals surface area contributed by atoms with Gasteiger partial charge in [-0.1, -0.05) is 18.5 Å². The van der Waals surface area contributed by atoms with E-state index in [4.69, 9.17) is 0 Å². The molecule has 0 bridgehead atoms. The van der Waals surface area contributed by atoms with Gasteiger partial charge in [-0.05, 0) is 6.42 Å². The molecule has 0 saturated carbocycles. The first-order valence-electron chi connectivity index (χ1n) is 3.79. The SMILES string of the molecule is CCC(C)C(=O)[N+]1=CCN=N1. The number of nitrogens with zero attached hydrogens (tertiary/aromatic N) is 3. The molecule has 0 saturated heterocycles. The van der Waals surface area contributed by atoms with Crippen LogP contribution in [-0.2, 0) is 4.79 Å². The van der Waals surface area contributed by atoms with Crippen molar-refractivity contribution in [3.63, 3.8) is 0 Å². The number of carbonyl (C=O) groups excluding carboxylic acids is 1. The molecule has 1 unspecified atom stereocenters. The second kappa shape index (κ2) is 3.37. The van der Waals surface area contributed by atoms with Gasteiger partial charge in [-0.2, -0.15) is 0 Å². The van der Waals surface area contributed by atoms with Gasteiger partial charge in [-0.3, -0.25) is 0 Å². The van der Waals surface area contributed by atoms with Gasteiger partial charge in [0.2, 0.25) is 6.54 Å². The smallest absolute Gasteiger partial charge is 0.244 e. The van der Waals surface area contributed by atoms with Crippen LogP contribution in [0.3, 0.4) is 0 Å². The molecule has 1 atom stereocenters. The summed E-state index contributed by atoms with van der Waals surface area (Å²) in [5.74, 6) is 0.0806. The van der Waals surface area contributed by atoms with E-state index in [1.165, 1.54) is 4.68 Å². The normalized spacial score (nSPS) is 18.2. The van der Waals surface area contributed by atoms with E-state index in [1.54, 1.807) is 6.21 Å². The summed E-state index contributed by atoms with van der Waals surface area (Å²) < 4.78 is 1.33. The average molecular weight is 154 g/mol. The molecule has 60 valence electrons. The standard InChI is InChI=1S/C7H12N3O/c1-3-6(2)7(11)10-5-4-8-9-10/h5-6H,3-4H2,1-2H3/q+1. The average Bonchev–Trinajstić information content (AvgIpc) is 2.53. The molecule has 1 amide bonds. The molecule has 0 aromatic carbocycles. The van der Waals surface area contributed by atoms with E-state index in [2.05, 4.69) is 10.3 Å². The van der Waals surface area contributed by atoms with E-state index in [0.29, 0.717) is 6.54 Å². The molecule has 1 aliphatic rings. The van der Waals surface area contributed by atoms with Crippen LogP contribution in [0, 0.1) is 5.92 Å². The van der Waals surface area contributed by atoms with Crippen LogP contribution in [-0.4, -0.2) is 23.4 Å². The Bertz CT molecular complexity index is 220. The maximum Gasteiger partial charge on any atom is 0.336 e. The predicted octanol–water partition coefficient (Wildman–Crippen LogP) is 1.02. The molecule has 1 heterocycles. The summed E-state index contributed by atoms with van der Waals surface area (Å²) in [7, 11) is 0. The number of rotatable bonds is 2. The summed E-state index contributed by atoms with van der Waals surface area (Å²) in [6.45, 7) is 4.40. The van der Waals surface area contributed by atoms with Crippen molar-refractivity contribution in [3.8, 4) is 0 Å². The lowest BCUT2D eigenvalue weighted by atomic mass is 10.1. The van der Waals surface area contributed by atoms with Crippen molar-refractivity contribution in [2.75, 3.05) is 6.54 Å². The molecule has 1 rings (SSSR count). The Labute approximate surface area is 65.6 Å². The van der Waals surface area contributed by atoms with E-state index in [0.717, 1.165) is 6.42 Å². The van der Waals surface area contributed by atoms with E-state index < -0.39 is 0 Å². The zero-order valence-corrected chi connectivity index (χ0v) is 6.82. The van der Waals surface area contributed by atoms with Crippen LogP contribution in [0.15, 0.2) is 10.3 Å². The van der Waals surface area contributed by atoms with Crippen molar-refractivity contribution < 1.29 is 9.48 Å². The van der Waals surface area contributed by atoms with E-state index in [1.807, 2.05) is 13.8 Å². The Morgan fingerprint density at radius 2 is 2.55 bits per heavy atom. The topological polar surface area (TPSA) is 44.8 Å². The van der Waals surface area contributed by atoms with Crippen LogP contribution in [0.4, 0.5) is 0 Å². The fourth-order valence-corrected chi connectivity index (χ4v) is 0.789. The van der Waals surface area contributed by atoms with Gasteiger partial charge >= 0.3 is 5.91 Å². The molecule has 0 fully saturated rings. The molecule has 0 aromatic heterocycles. The lowest BCUT2D eigenvalue weighted by Gasteiger charge is -2.00. The predicted molar refractivity (Wildman–Crippen MR) is 40.5 cm³/mol. The van der Waals surface area contributed by atoms with Crippen LogP contribution in [0.25, 0.3) is 0 Å². The highest BCUT2D eigenvalue weighted by Crippen LogP contribution is 2.04. The Hall–Kier alpha value is -1.06. The summed E-state index contributed by atoms with van der Waals surface area (Å²) >= 11 is 0.